The molecule has 0 bridgehead atoms. The third kappa shape index (κ3) is 4.04. The van der Waals surface area contributed by atoms with E-state index in [2.05, 4.69) is 5.32 Å². The van der Waals surface area contributed by atoms with Gasteiger partial charge < -0.3 is 10.1 Å². The normalized spacial score (nSPS) is 22.3. The van der Waals surface area contributed by atoms with Crippen molar-refractivity contribution in [2.45, 2.75) is 56.4 Å². The number of methoxy groups -OCH3 is 1. The first kappa shape index (κ1) is 19.2. The van der Waals surface area contributed by atoms with Gasteiger partial charge in [-0.3, -0.25) is 4.79 Å². The topological polar surface area (TPSA) is 75.7 Å². The minimum Gasteiger partial charge on any atom is -0.496 e. The number of ether oxygens (including phenoxy) is 1. The molecule has 26 heavy (non-hydrogen) atoms. The van der Waals surface area contributed by atoms with Crippen LogP contribution in [0.4, 0.5) is 0 Å². The Kier molecular flexibility index (Phi) is 5.87. The molecular weight excluding hydrogens is 352 g/mol. The van der Waals surface area contributed by atoms with Crippen molar-refractivity contribution >= 4 is 15.9 Å². The molecule has 1 amide bonds. The Bertz CT molecular complexity index is 757. The van der Waals surface area contributed by atoms with Gasteiger partial charge in [-0.2, -0.15) is 4.31 Å². The molecule has 1 saturated carbocycles. The number of rotatable bonds is 5. The number of benzene rings is 1. The van der Waals surface area contributed by atoms with Gasteiger partial charge in [0.25, 0.3) is 0 Å². The van der Waals surface area contributed by atoms with Crippen LogP contribution in [0.5, 0.6) is 5.75 Å². The lowest BCUT2D eigenvalue weighted by Gasteiger charge is -2.32. The molecule has 1 aromatic rings. The van der Waals surface area contributed by atoms with Crippen LogP contribution in [0.3, 0.4) is 0 Å². The first-order valence-electron chi connectivity index (χ1n) is 9.37. The van der Waals surface area contributed by atoms with Crippen LogP contribution in [0.1, 0.15) is 44.1 Å². The lowest BCUT2D eigenvalue weighted by molar-refractivity contribution is -0.126. The smallest absolute Gasteiger partial charge is 0.243 e. The van der Waals surface area contributed by atoms with E-state index >= 15 is 0 Å². The van der Waals surface area contributed by atoms with Crippen LogP contribution in [-0.4, -0.2) is 44.9 Å². The number of aryl methyl sites for hydroxylation is 1. The van der Waals surface area contributed by atoms with Gasteiger partial charge in [0.05, 0.1) is 17.9 Å². The van der Waals surface area contributed by atoms with Crippen molar-refractivity contribution in [2.24, 2.45) is 5.92 Å². The van der Waals surface area contributed by atoms with Gasteiger partial charge in [-0.15, -0.1) is 0 Å². The molecular formula is C19H28N2O4S. The highest BCUT2D eigenvalue weighted by atomic mass is 32.2. The molecule has 1 heterocycles. The van der Waals surface area contributed by atoms with E-state index in [1.165, 1.54) is 4.31 Å². The van der Waals surface area contributed by atoms with E-state index in [-0.39, 0.29) is 29.3 Å². The molecule has 0 radical (unpaired) electrons. The van der Waals surface area contributed by atoms with Crippen molar-refractivity contribution in [3.63, 3.8) is 0 Å². The van der Waals surface area contributed by atoms with E-state index in [9.17, 15) is 13.2 Å². The van der Waals surface area contributed by atoms with Gasteiger partial charge in [-0.1, -0.05) is 12.8 Å². The third-order valence-electron chi connectivity index (χ3n) is 5.46. The fourth-order valence-electron chi connectivity index (χ4n) is 3.92. The summed E-state index contributed by atoms with van der Waals surface area (Å²) in [6, 6.07) is 5.15. The molecule has 1 aliphatic heterocycles. The molecule has 1 aromatic carbocycles. The van der Waals surface area contributed by atoms with Gasteiger partial charge in [0, 0.05) is 19.1 Å². The van der Waals surface area contributed by atoms with Crippen molar-refractivity contribution in [3.8, 4) is 5.75 Å². The zero-order valence-electron chi connectivity index (χ0n) is 15.5. The van der Waals surface area contributed by atoms with Gasteiger partial charge in [0.1, 0.15) is 5.75 Å². The number of carbonyl (C=O) groups is 1. The van der Waals surface area contributed by atoms with E-state index in [1.807, 2.05) is 6.92 Å². The third-order valence-corrected chi connectivity index (χ3v) is 7.32. The number of nitrogens with one attached hydrogen (secondary N) is 1. The summed E-state index contributed by atoms with van der Waals surface area (Å²) in [6.45, 7) is 2.54. The highest BCUT2D eigenvalue weighted by Gasteiger charge is 2.34. The van der Waals surface area contributed by atoms with Crippen molar-refractivity contribution in [1.82, 2.24) is 9.62 Å². The van der Waals surface area contributed by atoms with Crippen molar-refractivity contribution in [1.29, 1.82) is 0 Å². The Hall–Kier alpha value is -1.60. The van der Waals surface area contributed by atoms with E-state index in [1.54, 1.807) is 25.3 Å². The van der Waals surface area contributed by atoms with Gasteiger partial charge in [0.15, 0.2) is 0 Å². The van der Waals surface area contributed by atoms with Crippen LogP contribution in [0.15, 0.2) is 23.1 Å². The van der Waals surface area contributed by atoms with Crippen molar-refractivity contribution < 1.29 is 17.9 Å². The second kappa shape index (κ2) is 7.96. The molecule has 1 N–H and O–H groups in total. The van der Waals surface area contributed by atoms with Crippen LogP contribution in [0.2, 0.25) is 0 Å². The van der Waals surface area contributed by atoms with Crippen LogP contribution in [-0.2, 0) is 14.8 Å². The Morgan fingerprint density at radius 3 is 2.58 bits per heavy atom. The standard InChI is InChI=1S/C19H28N2O4S/c1-14-12-17(9-10-18(14)25-2)26(23,24)21-11-5-6-15(13-21)19(22)20-16-7-3-4-8-16/h9-10,12,15-16H,3-8,11,13H2,1-2H3,(H,20,22). The zero-order valence-corrected chi connectivity index (χ0v) is 16.3. The van der Waals surface area contributed by atoms with Gasteiger partial charge >= 0.3 is 0 Å². The van der Waals surface area contributed by atoms with E-state index in [4.69, 9.17) is 4.74 Å². The quantitative estimate of drug-likeness (QED) is 0.851. The lowest BCUT2D eigenvalue weighted by Crippen LogP contribution is -2.47. The summed E-state index contributed by atoms with van der Waals surface area (Å²) in [5.74, 6) is 0.401. The number of hydrogen-bond acceptors (Lipinski definition) is 4. The summed E-state index contributed by atoms with van der Waals surface area (Å²) < 4.78 is 32.7. The molecule has 1 saturated heterocycles. The Morgan fingerprint density at radius 2 is 1.92 bits per heavy atom. The van der Waals surface area contributed by atoms with Crippen LogP contribution in [0.25, 0.3) is 0 Å². The molecule has 2 aliphatic rings. The number of amides is 1. The van der Waals surface area contributed by atoms with Crippen LogP contribution < -0.4 is 10.1 Å². The first-order valence-corrected chi connectivity index (χ1v) is 10.8. The second-order valence-electron chi connectivity index (χ2n) is 7.32. The van der Waals surface area contributed by atoms with E-state index < -0.39 is 10.0 Å². The minimum absolute atomic E-state index is 0.00251. The SMILES string of the molecule is COc1ccc(S(=O)(=O)N2CCCC(C(=O)NC3CCCC3)C2)cc1C. The highest BCUT2D eigenvalue weighted by Crippen LogP contribution is 2.27. The second-order valence-corrected chi connectivity index (χ2v) is 9.26. The minimum atomic E-state index is -3.61. The molecule has 6 nitrogen and oxygen atoms in total. The predicted molar refractivity (Wildman–Crippen MR) is 99.6 cm³/mol. The summed E-state index contributed by atoms with van der Waals surface area (Å²) in [4.78, 5) is 12.8. The summed E-state index contributed by atoms with van der Waals surface area (Å²) >= 11 is 0. The maximum absolute atomic E-state index is 13.0. The van der Waals surface area contributed by atoms with Gasteiger partial charge in [-0.25, -0.2) is 8.42 Å². The Morgan fingerprint density at radius 1 is 1.19 bits per heavy atom. The molecule has 1 atom stereocenters. The van der Waals surface area contributed by atoms with Gasteiger partial charge in [0.2, 0.25) is 15.9 Å². The Balaban J connectivity index is 1.71. The predicted octanol–water partition coefficient (Wildman–Crippen LogP) is 2.46. The average Bonchev–Trinajstić information content (AvgIpc) is 3.14. The maximum atomic E-state index is 13.0. The summed E-state index contributed by atoms with van der Waals surface area (Å²) in [5, 5.41) is 3.11. The highest BCUT2D eigenvalue weighted by molar-refractivity contribution is 7.89. The molecule has 0 spiro atoms. The summed E-state index contributed by atoms with van der Waals surface area (Å²) in [5.41, 5.74) is 0.779. The fourth-order valence-corrected chi connectivity index (χ4v) is 5.53. The number of nitrogens with zero attached hydrogens (tertiary/aromatic N) is 1. The number of piperidine rings is 1. The van der Waals surface area contributed by atoms with E-state index in [0.29, 0.717) is 18.7 Å². The number of sulfonamides is 1. The van der Waals surface area contributed by atoms with E-state index in [0.717, 1.165) is 37.7 Å². The monoisotopic (exact) mass is 380 g/mol. The number of hydrogen-bond donors (Lipinski definition) is 1. The van der Waals surface area contributed by atoms with Crippen LogP contribution >= 0.6 is 0 Å². The largest absolute Gasteiger partial charge is 0.496 e. The molecule has 1 aliphatic carbocycles. The first-order chi connectivity index (χ1) is 12.4. The molecule has 2 fully saturated rings. The average molecular weight is 381 g/mol. The van der Waals surface area contributed by atoms with Crippen molar-refractivity contribution in [3.05, 3.63) is 23.8 Å². The van der Waals surface area contributed by atoms with Gasteiger partial charge in [-0.05, 0) is 56.4 Å². The summed E-state index contributed by atoms with van der Waals surface area (Å²) in [7, 11) is -2.04. The number of carbonyl (C=O) groups excluding carboxylic acids is 1. The maximum Gasteiger partial charge on any atom is 0.243 e. The summed E-state index contributed by atoms with van der Waals surface area (Å²) in [6.07, 6.45) is 5.83. The molecule has 144 valence electrons. The van der Waals surface area contributed by atoms with Crippen molar-refractivity contribution in [2.75, 3.05) is 20.2 Å². The van der Waals surface area contributed by atoms with Crippen LogP contribution in [0, 0.1) is 12.8 Å². The zero-order chi connectivity index (χ0) is 18.7. The molecule has 3 rings (SSSR count). The fraction of sp³-hybridized carbons (Fsp3) is 0.632. The Labute approximate surface area is 156 Å². The lowest BCUT2D eigenvalue weighted by atomic mass is 9.98. The molecule has 1 unspecified atom stereocenters. The molecule has 0 aromatic heterocycles. The molecule has 7 heteroatoms.